The lowest BCUT2D eigenvalue weighted by molar-refractivity contribution is 0.230. The quantitative estimate of drug-likeness (QED) is 0.766. The Kier molecular flexibility index (Phi) is 6.46. The fraction of sp³-hybridized carbons (Fsp3) is 0.688. The van der Waals surface area contributed by atoms with Crippen LogP contribution < -0.4 is 5.32 Å². The fourth-order valence-electron chi connectivity index (χ4n) is 1.98. The average Bonchev–Trinajstić information content (AvgIpc) is 2.34. The molecular weight excluding hydrogens is 234 g/mol. The smallest absolute Gasteiger partial charge is 0.0543 e. The van der Waals surface area contributed by atoms with Gasteiger partial charge < -0.3 is 5.32 Å². The number of pyridine rings is 1. The van der Waals surface area contributed by atoms with Gasteiger partial charge >= 0.3 is 0 Å². The molecule has 0 aliphatic heterocycles. The molecule has 0 aliphatic rings. The van der Waals surface area contributed by atoms with E-state index in [9.17, 15) is 0 Å². The maximum absolute atomic E-state index is 4.38. The first kappa shape index (κ1) is 16.1. The third-order valence-corrected chi connectivity index (χ3v) is 3.34. The number of nitrogens with zero attached hydrogens (tertiary/aromatic N) is 2. The minimum Gasteiger partial charge on any atom is -0.312 e. The first-order chi connectivity index (χ1) is 8.88. The molecule has 0 fully saturated rings. The van der Waals surface area contributed by atoms with Gasteiger partial charge in [-0.3, -0.25) is 9.88 Å². The second-order valence-electron chi connectivity index (χ2n) is 6.40. The lowest BCUT2D eigenvalue weighted by Gasteiger charge is -2.25. The van der Waals surface area contributed by atoms with Crippen molar-refractivity contribution in [3.63, 3.8) is 0 Å². The number of hydrogen-bond donors (Lipinski definition) is 1. The van der Waals surface area contributed by atoms with Gasteiger partial charge in [0.25, 0.3) is 0 Å². The van der Waals surface area contributed by atoms with Crippen molar-refractivity contribution in [2.24, 2.45) is 0 Å². The molecule has 3 nitrogen and oxygen atoms in total. The number of rotatable bonds is 7. The third-order valence-electron chi connectivity index (χ3n) is 3.34. The molecule has 0 radical (unpaired) electrons. The highest BCUT2D eigenvalue weighted by Crippen LogP contribution is 2.08. The van der Waals surface area contributed by atoms with Gasteiger partial charge in [-0.05, 0) is 66.3 Å². The molecule has 1 aromatic heterocycles. The van der Waals surface area contributed by atoms with Gasteiger partial charge in [-0.2, -0.15) is 0 Å². The zero-order chi connectivity index (χ0) is 14.3. The van der Waals surface area contributed by atoms with E-state index in [4.69, 9.17) is 0 Å². The fourth-order valence-corrected chi connectivity index (χ4v) is 1.98. The van der Waals surface area contributed by atoms with Gasteiger partial charge in [0.1, 0.15) is 0 Å². The van der Waals surface area contributed by atoms with Gasteiger partial charge in [0.15, 0.2) is 0 Å². The van der Waals surface area contributed by atoms with Gasteiger partial charge in [0.05, 0.1) is 5.69 Å². The van der Waals surface area contributed by atoms with Gasteiger partial charge in [-0.15, -0.1) is 0 Å². The summed E-state index contributed by atoms with van der Waals surface area (Å²) in [5.41, 5.74) is 1.37. The zero-order valence-corrected chi connectivity index (χ0v) is 13.1. The summed E-state index contributed by atoms with van der Waals surface area (Å²) < 4.78 is 0. The van der Waals surface area contributed by atoms with Crippen molar-refractivity contribution >= 4 is 0 Å². The van der Waals surface area contributed by atoms with Crippen molar-refractivity contribution in [2.75, 3.05) is 13.6 Å². The molecule has 1 unspecified atom stereocenters. The van der Waals surface area contributed by atoms with Crippen LogP contribution in [0.3, 0.4) is 0 Å². The molecular formula is C16H29N3. The Bertz CT molecular complexity index is 343. The first-order valence-electron chi connectivity index (χ1n) is 7.23. The lowest BCUT2D eigenvalue weighted by atomic mass is 10.1. The molecule has 0 saturated heterocycles. The number of aromatic nitrogens is 1. The summed E-state index contributed by atoms with van der Waals surface area (Å²) in [5.74, 6) is 0. The third kappa shape index (κ3) is 7.28. The highest BCUT2D eigenvalue weighted by atomic mass is 15.1. The van der Waals surface area contributed by atoms with Crippen molar-refractivity contribution in [3.8, 4) is 0 Å². The SMILES string of the molecule is CC(CCCNC(C)(C)C)N(C)Cc1ccccn1. The van der Waals surface area contributed by atoms with Crippen LogP contribution in [-0.2, 0) is 6.54 Å². The van der Waals surface area contributed by atoms with Crippen LogP contribution in [0.1, 0.15) is 46.2 Å². The molecule has 108 valence electrons. The molecule has 0 aromatic carbocycles. The second kappa shape index (κ2) is 7.61. The summed E-state index contributed by atoms with van der Waals surface area (Å²) in [5, 5.41) is 3.53. The van der Waals surface area contributed by atoms with Crippen LogP contribution in [0.25, 0.3) is 0 Å². The van der Waals surface area contributed by atoms with Crippen molar-refractivity contribution in [1.82, 2.24) is 15.2 Å². The van der Waals surface area contributed by atoms with Gasteiger partial charge in [-0.1, -0.05) is 6.07 Å². The van der Waals surface area contributed by atoms with Gasteiger partial charge in [0.2, 0.25) is 0 Å². The van der Waals surface area contributed by atoms with E-state index in [-0.39, 0.29) is 5.54 Å². The molecule has 0 aliphatic carbocycles. The Morgan fingerprint density at radius 3 is 2.63 bits per heavy atom. The molecule has 1 rings (SSSR count). The monoisotopic (exact) mass is 263 g/mol. The molecule has 0 spiro atoms. The Balaban J connectivity index is 2.24. The Morgan fingerprint density at radius 2 is 2.05 bits per heavy atom. The predicted molar refractivity (Wildman–Crippen MR) is 82.2 cm³/mol. The molecule has 19 heavy (non-hydrogen) atoms. The summed E-state index contributed by atoms with van der Waals surface area (Å²) >= 11 is 0. The van der Waals surface area contributed by atoms with E-state index < -0.39 is 0 Å². The largest absolute Gasteiger partial charge is 0.312 e. The van der Waals surface area contributed by atoms with E-state index in [1.54, 1.807) is 0 Å². The molecule has 0 amide bonds. The minimum absolute atomic E-state index is 0.225. The highest BCUT2D eigenvalue weighted by molar-refractivity contribution is 5.03. The average molecular weight is 263 g/mol. The lowest BCUT2D eigenvalue weighted by Crippen LogP contribution is -2.37. The maximum Gasteiger partial charge on any atom is 0.0543 e. The van der Waals surface area contributed by atoms with Crippen LogP contribution in [0.5, 0.6) is 0 Å². The van der Waals surface area contributed by atoms with E-state index >= 15 is 0 Å². The van der Waals surface area contributed by atoms with Crippen LogP contribution in [-0.4, -0.2) is 35.1 Å². The second-order valence-corrected chi connectivity index (χ2v) is 6.40. The van der Waals surface area contributed by atoms with Gasteiger partial charge in [-0.25, -0.2) is 0 Å². The molecule has 1 atom stereocenters. The van der Waals surface area contributed by atoms with E-state index in [0.29, 0.717) is 6.04 Å². The Labute approximate surface area is 118 Å². The number of nitrogens with one attached hydrogen (secondary N) is 1. The summed E-state index contributed by atoms with van der Waals surface area (Å²) in [6.07, 6.45) is 4.29. The van der Waals surface area contributed by atoms with Crippen molar-refractivity contribution in [1.29, 1.82) is 0 Å². The predicted octanol–water partition coefficient (Wildman–Crippen LogP) is 3.07. The Hall–Kier alpha value is -0.930. The first-order valence-corrected chi connectivity index (χ1v) is 7.23. The zero-order valence-electron chi connectivity index (χ0n) is 13.1. The van der Waals surface area contributed by atoms with E-state index in [1.165, 1.54) is 12.8 Å². The van der Waals surface area contributed by atoms with E-state index in [0.717, 1.165) is 18.8 Å². The molecule has 0 bridgehead atoms. The summed E-state index contributed by atoms with van der Waals surface area (Å²) in [6, 6.07) is 6.69. The maximum atomic E-state index is 4.38. The molecule has 1 aromatic rings. The molecule has 1 heterocycles. The summed E-state index contributed by atoms with van der Waals surface area (Å²) in [6.45, 7) is 10.9. The summed E-state index contributed by atoms with van der Waals surface area (Å²) in [4.78, 5) is 6.75. The Morgan fingerprint density at radius 1 is 1.32 bits per heavy atom. The molecule has 1 N–H and O–H groups in total. The van der Waals surface area contributed by atoms with Crippen LogP contribution in [0.4, 0.5) is 0 Å². The number of hydrogen-bond acceptors (Lipinski definition) is 3. The van der Waals surface area contributed by atoms with Crippen LogP contribution >= 0.6 is 0 Å². The van der Waals surface area contributed by atoms with Gasteiger partial charge in [0, 0.05) is 24.3 Å². The standard InChI is InChI=1S/C16H29N3/c1-14(9-8-12-18-16(2,3)4)19(5)13-15-10-6-7-11-17-15/h6-7,10-11,14,18H,8-9,12-13H2,1-5H3. The van der Waals surface area contributed by atoms with E-state index in [1.807, 2.05) is 18.3 Å². The molecule has 3 heteroatoms. The van der Waals surface area contributed by atoms with Crippen molar-refractivity contribution < 1.29 is 0 Å². The highest BCUT2D eigenvalue weighted by Gasteiger charge is 2.11. The van der Waals surface area contributed by atoms with Crippen LogP contribution in [0, 0.1) is 0 Å². The molecule has 0 saturated carbocycles. The summed E-state index contributed by atoms with van der Waals surface area (Å²) in [7, 11) is 2.18. The van der Waals surface area contributed by atoms with E-state index in [2.05, 4.69) is 56.0 Å². The normalized spacial score (nSPS) is 13.8. The minimum atomic E-state index is 0.225. The van der Waals surface area contributed by atoms with Crippen molar-refractivity contribution in [3.05, 3.63) is 30.1 Å². The van der Waals surface area contributed by atoms with Crippen molar-refractivity contribution in [2.45, 2.75) is 58.7 Å². The van der Waals surface area contributed by atoms with Crippen LogP contribution in [0.15, 0.2) is 24.4 Å². The van der Waals surface area contributed by atoms with Crippen LogP contribution in [0.2, 0.25) is 0 Å². The topological polar surface area (TPSA) is 28.2 Å².